The van der Waals surface area contributed by atoms with Gasteiger partial charge in [0.25, 0.3) is 0 Å². The molecule has 0 saturated carbocycles. The molecule has 1 rings (SSSR count). The van der Waals surface area contributed by atoms with Crippen LogP contribution in [0.1, 0.15) is 52.7 Å². The van der Waals surface area contributed by atoms with E-state index in [1.807, 2.05) is 41.5 Å². The summed E-state index contributed by atoms with van der Waals surface area (Å²) in [5.41, 5.74) is 1.21. The van der Waals surface area contributed by atoms with Crippen molar-refractivity contribution >= 4 is 16.5 Å². The molecule has 0 bridgehead atoms. The summed E-state index contributed by atoms with van der Waals surface area (Å²) in [6.07, 6.45) is 0. The molecular weight excluding hydrogens is 342 g/mol. The molecule has 0 fully saturated rings. The number of aromatic hydroxyl groups is 2. The molecule has 0 heterocycles. The van der Waals surface area contributed by atoms with Crippen LogP contribution in [0, 0.1) is 0 Å². The third-order valence-electron chi connectivity index (χ3n) is 2.90. The monoisotopic (exact) mass is 368 g/mol. The first-order chi connectivity index (χ1) is 10.2. The topological polar surface area (TPSA) is 124 Å². The Morgan fingerprint density at radius 1 is 0.783 bits per heavy atom. The quantitative estimate of drug-likeness (QED) is 0.465. The maximum absolute atomic E-state index is 10.0. The van der Waals surface area contributed by atoms with Crippen LogP contribution in [0.25, 0.3) is 0 Å². The largest absolute Gasteiger partial charge is 0.508 e. The van der Waals surface area contributed by atoms with Crippen LogP contribution in [0.15, 0.2) is 12.1 Å². The molecule has 0 aliphatic carbocycles. The van der Waals surface area contributed by atoms with Gasteiger partial charge >= 0.3 is 16.5 Å². The maximum Gasteiger partial charge on any atom is 0.323 e. The van der Waals surface area contributed by atoms with Crippen LogP contribution in [0.3, 0.4) is 0 Å². The van der Waals surface area contributed by atoms with Gasteiger partial charge < -0.3 is 20.0 Å². The minimum absolute atomic E-state index is 0.169. The predicted octanol–water partition coefficient (Wildman–Crippen LogP) is 3.46. The van der Waals surface area contributed by atoms with E-state index in [-0.39, 0.29) is 22.3 Å². The van der Waals surface area contributed by atoms with Gasteiger partial charge in [-0.2, -0.15) is 0 Å². The Bertz CT molecular complexity index is 534. The number of phenolic OH excluding ortho intramolecular Hbond substituents is 2. The van der Waals surface area contributed by atoms with Crippen molar-refractivity contribution in [1.82, 2.24) is 0 Å². The molecule has 0 spiro atoms. The zero-order valence-electron chi connectivity index (χ0n) is 14.2. The SMILES string of the molecule is CC(C)(C)c1cc(O)c(C(C)(C)C)cc1O.O=[PH](O)O[PH](=O)O. The number of benzene rings is 1. The molecule has 2 atom stereocenters. The lowest BCUT2D eigenvalue weighted by molar-refractivity contribution is 0.371. The zero-order valence-corrected chi connectivity index (χ0v) is 16.2. The second kappa shape index (κ2) is 8.32. The lowest BCUT2D eigenvalue weighted by Gasteiger charge is -2.25. The Kier molecular flexibility index (Phi) is 8.01. The van der Waals surface area contributed by atoms with Crippen LogP contribution in [0.2, 0.25) is 0 Å². The van der Waals surface area contributed by atoms with Crippen molar-refractivity contribution in [2.45, 2.75) is 52.4 Å². The Labute approximate surface area is 137 Å². The van der Waals surface area contributed by atoms with E-state index < -0.39 is 16.5 Å². The van der Waals surface area contributed by atoms with E-state index in [0.29, 0.717) is 0 Å². The van der Waals surface area contributed by atoms with Gasteiger partial charge in [0.1, 0.15) is 11.5 Å². The molecule has 4 N–H and O–H groups in total. The molecule has 0 aliphatic rings. The first kappa shape index (κ1) is 22.2. The van der Waals surface area contributed by atoms with Crippen LogP contribution >= 0.6 is 16.5 Å². The fourth-order valence-corrected chi connectivity index (χ4v) is 2.45. The van der Waals surface area contributed by atoms with E-state index in [1.165, 1.54) is 0 Å². The Balaban J connectivity index is 0.000000585. The lowest BCUT2D eigenvalue weighted by Crippen LogP contribution is -2.15. The van der Waals surface area contributed by atoms with Crippen molar-refractivity contribution in [3.8, 4) is 11.5 Å². The van der Waals surface area contributed by atoms with Gasteiger partial charge in [-0.15, -0.1) is 0 Å². The van der Waals surface area contributed by atoms with Crippen LogP contribution in [0.5, 0.6) is 11.5 Å². The van der Waals surface area contributed by atoms with Gasteiger partial charge in [-0.1, -0.05) is 41.5 Å². The number of phenols is 2. The molecule has 0 aliphatic heterocycles. The Morgan fingerprint density at radius 2 is 1.04 bits per heavy atom. The van der Waals surface area contributed by atoms with Gasteiger partial charge in [0, 0.05) is 11.1 Å². The summed E-state index contributed by atoms with van der Waals surface area (Å²) >= 11 is 0. The van der Waals surface area contributed by atoms with Crippen LogP contribution in [-0.4, -0.2) is 20.0 Å². The molecule has 23 heavy (non-hydrogen) atoms. The minimum Gasteiger partial charge on any atom is -0.508 e. The molecule has 1 aromatic carbocycles. The second-order valence-corrected chi connectivity index (χ2v) is 8.90. The van der Waals surface area contributed by atoms with Crippen LogP contribution in [-0.2, 0) is 24.3 Å². The lowest BCUT2D eigenvalue weighted by atomic mass is 9.81. The highest BCUT2D eigenvalue weighted by Crippen LogP contribution is 2.39. The van der Waals surface area contributed by atoms with Gasteiger partial charge in [-0.3, -0.25) is 9.13 Å². The minimum atomic E-state index is -3.20. The van der Waals surface area contributed by atoms with Gasteiger partial charge in [0.05, 0.1) is 0 Å². The van der Waals surface area contributed by atoms with Crippen molar-refractivity contribution in [2.75, 3.05) is 0 Å². The van der Waals surface area contributed by atoms with E-state index in [0.717, 1.165) is 11.1 Å². The fraction of sp³-hybridized carbons (Fsp3) is 0.571. The van der Waals surface area contributed by atoms with Crippen molar-refractivity contribution in [3.05, 3.63) is 23.3 Å². The maximum atomic E-state index is 10.0. The molecule has 9 heteroatoms. The summed E-state index contributed by atoms with van der Waals surface area (Å²) < 4.78 is 22.3. The molecule has 2 unspecified atom stereocenters. The molecule has 134 valence electrons. The predicted molar refractivity (Wildman–Crippen MR) is 90.7 cm³/mol. The van der Waals surface area contributed by atoms with Gasteiger partial charge in [-0.25, -0.2) is 4.31 Å². The van der Waals surface area contributed by atoms with Crippen molar-refractivity contribution < 1.29 is 33.4 Å². The molecule has 7 nitrogen and oxygen atoms in total. The van der Waals surface area contributed by atoms with Crippen molar-refractivity contribution in [3.63, 3.8) is 0 Å². The Morgan fingerprint density at radius 3 is 1.17 bits per heavy atom. The zero-order chi connectivity index (χ0) is 18.6. The molecule has 0 saturated heterocycles. The van der Waals surface area contributed by atoms with Crippen LogP contribution in [0.4, 0.5) is 0 Å². The Hall–Kier alpha value is -0.840. The normalized spacial score (nSPS) is 14.6. The average molecular weight is 368 g/mol. The standard InChI is InChI=1S/C14H22O2.H4O5P2/c1-13(2,3)9-7-12(16)10(8-11(9)15)14(4,5)6;1-6(2)5-7(3)4/h7-8,15-16H,1-6H3;6-7H,(H,1,2)(H,3,4). The van der Waals surface area contributed by atoms with E-state index in [4.69, 9.17) is 9.79 Å². The van der Waals surface area contributed by atoms with Crippen LogP contribution < -0.4 is 0 Å². The summed E-state index contributed by atoms with van der Waals surface area (Å²) in [6, 6.07) is 3.35. The van der Waals surface area contributed by atoms with E-state index >= 15 is 0 Å². The number of hydrogen-bond donors (Lipinski definition) is 4. The molecule has 0 amide bonds. The number of rotatable bonds is 2. The smallest absolute Gasteiger partial charge is 0.323 e. The molecule has 0 radical (unpaired) electrons. The third kappa shape index (κ3) is 8.00. The first-order valence-corrected chi connectivity index (χ1v) is 9.39. The van der Waals surface area contributed by atoms with Crippen molar-refractivity contribution in [2.24, 2.45) is 0 Å². The summed E-state index contributed by atoms with van der Waals surface area (Å²) in [6.45, 7) is 12.1. The highest BCUT2D eigenvalue weighted by molar-refractivity contribution is 7.46. The highest BCUT2D eigenvalue weighted by Gasteiger charge is 2.24. The third-order valence-corrected chi connectivity index (χ3v) is 4.30. The summed E-state index contributed by atoms with van der Waals surface area (Å²) in [4.78, 5) is 15.4. The molecule has 0 aromatic heterocycles. The van der Waals surface area contributed by atoms with Gasteiger partial charge in [0.15, 0.2) is 0 Å². The summed E-state index contributed by atoms with van der Waals surface area (Å²) in [5.74, 6) is 0.519. The molecular formula is C14H26O7P2. The van der Waals surface area contributed by atoms with E-state index in [2.05, 4.69) is 4.31 Å². The van der Waals surface area contributed by atoms with Gasteiger partial charge in [-0.05, 0) is 23.0 Å². The average Bonchev–Trinajstić information content (AvgIpc) is 2.27. The molecule has 1 aromatic rings. The van der Waals surface area contributed by atoms with Crippen molar-refractivity contribution in [1.29, 1.82) is 0 Å². The fourth-order valence-electron chi connectivity index (χ4n) is 1.85. The van der Waals surface area contributed by atoms with E-state index in [9.17, 15) is 19.3 Å². The first-order valence-electron chi connectivity index (χ1n) is 6.87. The second-order valence-electron chi connectivity index (χ2n) is 7.02. The number of hydrogen-bond acceptors (Lipinski definition) is 5. The summed E-state index contributed by atoms with van der Waals surface area (Å²) in [7, 11) is -6.40. The highest BCUT2D eigenvalue weighted by atomic mass is 31.2. The summed E-state index contributed by atoms with van der Waals surface area (Å²) in [5, 5.41) is 20.0. The van der Waals surface area contributed by atoms with E-state index in [1.54, 1.807) is 12.1 Å². The van der Waals surface area contributed by atoms with Gasteiger partial charge in [0.2, 0.25) is 0 Å².